The van der Waals surface area contributed by atoms with Crippen LogP contribution in [0.1, 0.15) is 5.69 Å². The van der Waals surface area contributed by atoms with Gasteiger partial charge in [-0.25, -0.2) is 4.98 Å². The Morgan fingerprint density at radius 1 is 1.62 bits per heavy atom. The molecule has 0 aliphatic rings. The summed E-state index contributed by atoms with van der Waals surface area (Å²) in [5.74, 6) is -1.75. The van der Waals surface area contributed by atoms with Crippen molar-refractivity contribution < 1.29 is 18.0 Å². The lowest BCUT2D eigenvalue weighted by molar-refractivity contribution is -0.170. The maximum Gasteiger partial charge on any atom is 0.450 e. The molecule has 0 bridgehead atoms. The Kier molecular flexibility index (Phi) is 2.40. The van der Waals surface area contributed by atoms with Gasteiger partial charge in [-0.05, 0) is 0 Å². The van der Waals surface area contributed by atoms with Crippen LogP contribution in [0.3, 0.4) is 0 Å². The fraction of sp³-hybridized carbons (Fsp3) is 0.429. The van der Waals surface area contributed by atoms with Gasteiger partial charge in [0.25, 0.3) is 0 Å². The highest BCUT2D eigenvalue weighted by atomic mass is 19.4. The third-order valence-electron chi connectivity index (χ3n) is 1.57. The van der Waals surface area contributed by atoms with E-state index in [-0.39, 0.29) is 5.69 Å². The van der Waals surface area contributed by atoms with E-state index in [9.17, 15) is 18.0 Å². The van der Waals surface area contributed by atoms with Gasteiger partial charge in [0.15, 0.2) is 0 Å². The number of hydrogen-bond donors (Lipinski definition) is 0. The molecule has 0 atom stereocenters. The third kappa shape index (κ3) is 2.30. The van der Waals surface area contributed by atoms with E-state index in [0.717, 1.165) is 0 Å². The van der Waals surface area contributed by atoms with Crippen LogP contribution in [0.25, 0.3) is 0 Å². The quantitative estimate of drug-likeness (QED) is 0.703. The Bertz CT molecular complexity index is 316. The van der Waals surface area contributed by atoms with Crippen molar-refractivity contribution in [3.05, 3.63) is 18.2 Å². The molecule has 0 aliphatic heterocycles. The van der Waals surface area contributed by atoms with Gasteiger partial charge in [0.2, 0.25) is 5.78 Å². The number of nitrogens with zero attached hydrogens (tertiary/aromatic N) is 2. The van der Waals surface area contributed by atoms with Gasteiger partial charge in [0.1, 0.15) is 0 Å². The minimum absolute atomic E-state index is 0.252. The second-order valence-electron chi connectivity index (χ2n) is 2.59. The summed E-state index contributed by atoms with van der Waals surface area (Å²) in [6.45, 7) is 0. The first-order valence-corrected chi connectivity index (χ1v) is 3.46. The van der Waals surface area contributed by atoms with Crippen molar-refractivity contribution in [2.45, 2.75) is 12.6 Å². The summed E-state index contributed by atoms with van der Waals surface area (Å²) in [5, 5.41) is 0. The van der Waals surface area contributed by atoms with Crippen LogP contribution in [-0.2, 0) is 18.3 Å². The topological polar surface area (TPSA) is 34.9 Å². The third-order valence-corrected chi connectivity index (χ3v) is 1.57. The smallest absolute Gasteiger partial charge is 0.337 e. The highest BCUT2D eigenvalue weighted by molar-refractivity contribution is 5.85. The second kappa shape index (κ2) is 3.20. The largest absolute Gasteiger partial charge is 0.450 e. The number of imidazole rings is 1. The van der Waals surface area contributed by atoms with Gasteiger partial charge in [-0.15, -0.1) is 0 Å². The van der Waals surface area contributed by atoms with Gasteiger partial charge < -0.3 is 4.57 Å². The van der Waals surface area contributed by atoms with E-state index >= 15 is 0 Å². The van der Waals surface area contributed by atoms with Crippen LogP contribution in [0.2, 0.25) is 0 Å². The second-order valence-corrected chi connectivity index (χ2v) is 2.59. The van der Waals surface area contributed by atoms with Crippen LogP contribution >= 0.6 is 0 Å². The summed E-state index contributed by atoms with van der Waals surface area (Å²) in [5.41, 5.74) is 0.252. The normalized spacial score (nSPS) is 11.7. The zero-order chi connectivity index (χ0) is 10.1. The molecule has 72 valence electrons. The van der Waals surface area contributed by atoms with Gasteiger partial charge in [0.05, 0.1) is 12.7 Å². The molecule has 0 saturated heterocycles. The number of carbonyl (C=O) groups excluding carboxylic acids is 1. The monoisotopic (exact) mass is 192 g/mol. The molecular weight excluding hydrogens is 185 g/mol. The fourth-order valence-corrected chi connectivity index (χ4v) is 0.820. The standard InChI is InChI=1S/C7H7F3N2O/c1-12-4-11-3-5(12)2-6(13)7(8,9)10/h3-4H,2H2,1H3. The van der Waals surface area contributed by atoms with E-state index in [1.54, 1.807) is 0 Å². The summed E-state index contributed by atoms with van der Waals surface area (Å²) >= 11 is 0. The molecule has 1 rings (SSSR count). The van der Waals surface area contributed by atoms with E-state index in [1.165, 1.54) is 24.1 Å². The van der Waals surface area contributed by atoms with Crippen molar-refractivity contribution in [2.75, 3.05) is 0 Å². The Hall–Kier alpha value is -1.33. The summed E-state index contributed by atoms with van der Waals surface area (Å²) < 4.78 is 36.8. The predicted molar refractivity (Wildman–Crippen MR) is 38.0 cm³/mol. The maximum absolute atomic E-state index is 11.8. The van der Waals surface area contributed by atoms with Crippen molar-refractivity contribution in [3.8, 4) is 0 Å². The average Bonchev–Trinajstić information content (AvgIpc) is 2.34. The first-order valence-electron chi connectivity index (χ1n) is 3.46. The molecule has 0 unspecified atom stereocenters. The van der Waals surface area contributed by atoms with Crippen molar-refractivity contribution in [1.82, 2.24) is 9.55 Å². The van der Waals surface area contributed by atoms with Crippen LogP contribution in [0.5, 0.6) is 0 Å². The molecule has 3 nitrogen and oxygen atoms in total. The molecule has 0 aliphatic carbocycles. The number of hydrogen-bond acceptors (Lipinski definition) is 2. The van der Waals surface area contributed by atoms with Gasteiger partial charge in [-0.2, -0.15) is 13.2 Å². The first-order chi connectivity index (χ1) is 5.91. The molecule has 0 aromatic carbocycles. The first kappa shape index (κ1) is 9.76. The van der Waals surface area contributed by atoms with Crippen LogP contribution in [0, 0.1) is 0 Å². The zero-order valence-electron chi connectivity index (χ0n) is 6.80. The Balaban J connectivity index is 2.71. The van der Waals surface area contributed by atoms with Crippen LogP contribution < -0.4 is 0 Å². The lowest BCUT2D eigenvalue weighted by Gasteiger charge is -2.04. The molecule has 0 amide bonds. The summed E-state index contributed by atoms with van der Waals surface area (Å²) in [6, 6.07) is 0. The van der Waals surface area contributed by atoms with Gasteiger partial charge in [-0.1, -0.05) is 0 Å². The highest BCUT2D eigenvalue weighted by Crippen LogP contribution is 2.18. The lowest BCUT2D eigenvalue weighted by Crippen LogP contribution is -2.25. The summed E-state index contributed by atoms with van der Waals surface area (Å²) in [4.78, 5) is 14.1. The van der Waals surface area contributed by atoms with Crippen LogP contribution in [0.15, 0.2) is 12.5 Å². The summed E-state index contributed by atoms with van der Waals surface area (Å²) in [6.07, 6.45) is -2.83. The van der Waals surface area contributed by atoms with Crippen LogP contribution in [0.4, 0.5) is 13.2 Å². The van der Waals surface area contributed by atoms with Gasteiger partial charge >= 0.3 is 6.18 Å². The van der Waals surface area contributed by atoms with Gasteiger partial charge in [0, 0.05) is 18.9 Å². The number of alkyl halides is 3. The van der Waals surface area contributed by atoms with Crippen molar-refractivity contribution in [2.24, 2.45) is 7.05 Å². The molecule has 6 heteroatoms. The lowest BCUT2D eigenvalue weighted by atomic mass is 10.2. The average molecular weight is 192 g/mol. The van der Waals surface area contributed by atoms with Crippen LogP contribution in [-0.4, -0.2) is 21.5 Å². The SMILES string of the molecule is Cn1cncc1CC(=O)C(F)(F)F. The highest BCUT2D eigenvalue weighted by Gasteiger charge is 2.38. The fourth-order valence-electron chi connectivity index (χ4n) is 0.820. The van der Waals surface area contributed by atoms with E-state index in [2.05, 4.69) is 4.98 Å². The molecule has 0 fully saturated rings. The molecule has 1 heterocycles. The Morgan fingerprint density at radius 2 is 2.23 bits per heavy atom. The number of aryl methyl sites for hydroxylation is 1. The molecular formula is C7H7F3N2O. The number of halogens is 3. The number of Topliss-reactive ketones (excluding diaryl/α,β-unsaturated/α-hetero) is 1. The molecule has 0 N–H and O–H groups in total. The van der Waals surface area contributed by atoms with Crippen molar-refractivity contribution in [1.29, 1.82) is 0 Å². The molecule has 0 radical (unpaired) electrons. The number of rotatable bonds is 2. The number of ketones is 1. The molecule has 1 aromatic heterocycles. The maximum atomic E-state index is 11.8. The van der Waals surface area contributed by atoms with Gasteiger partial charge in [-0.3, -0.25) is 4.79 Å². The predicted octanol–water partition coefficient (Wildman–Crippen LogP) is 1.09. The molecule has 0 spiro atoms. The van der Waals surface area contributed by atoms with E-state index in [0.29, 0.717) is 0 Å². The minimum atomic E-state index is -4.76. The number of carbonyl (C=O) groups is 1. The van der Waals surface area contributed by atoms with E-state index < -0.39 is 18.4 Å². The van der Waals surface area contributed by atoms with E-state index in [1.807, 2.05) is 0 Å². The van der Waals surface area contributed by atoms with E-state index in [4.69, 9.17) is 0 Å². The number of aromatic nitrogens is 2. The Morgan fingerprint density at radius 3 is 2.62 bits per heavy atom. The Labute approximate surface area is 72.2 Å². The zero-order valence-corrected chi connectivity index (χ0v) is 6.80. The van der Waals surface area contributed by atoms with Crippen molar-refractivity contribution >= 4 is 5.78 Å². The van der Waals surface area contributed by atoms with Crippen molar-refractivity contribution in [3.63, 3.8) is 0 Å². The molecule has 13 heavy (non-hydrogen) atoms. The minimum Gasteiger partial charge on any atom is -0.337 e. The summed E-state index contributed by atoms with van der Waals surface area (Å²) in [7, 11) is 1.53. The molecule has 1 aromatic rings. The molecule has 0 saturated carbocycles.